The number of benzene rings is 1. The normalized spacial score (nSPS) is 10.2. The van der Waals surface area contributed by atoms with E-state index in [1.54, 1.807) is 13.0 Å². The number of nitrogens with zero attached hydrogens (tertiary/aromatic N) is 3. The van der Waals surface area contributed by atoms with Crippen molar-refractivity contribution in [3.63, 3.8) is 0 Å². The summed E-state index contributed by atoms with van der Waals surface area (Å²) in [6, 6.07) is 4.99. The molecule has 4 nitrogen and oxygen atoms in total. The lowest BCUT2D eigenvalue weighted by Gasteiger charge is -2.02. The van der Waals surface area contributed by atoms with E-state index in [0.717, 1.165) is 11.8 Å². The van der Waals surface area contributed by atoms with E-state index in [1.165, 1.54) is 6.07 Å². The SMILES string of the molecule is Cc1nc(Sc2ccc(C#N)c(Br)c2F)n[nH]1. The summed E-state index contributed by atoms with van der Waals surface area (Å²) >= 11 is 4.15. The molecule has 0 aliphatic heterocycles. The molecule has 0 spiro atoms. The summed E-state index contributed by atoms with van der Waals surface area (Å²) < 4.78 is 14.0. The number of H-pyrrole nitrogens is 1. The van der Waals surface area contributed by atoms with E-state index in [1.807, 2.05) is 6.07 Å². The highest BCUT2D eigenvalue weighted by molar-refractivity contribution is 9.10. The van der Waals surface area contributed by atoms with Crippen molar-refractivity contribution in [1.82, 2.24) is 15.2 Å². The average Bonchev–Trinajstić information content (AvgIpc) is 2.71. The van der Waals surface area contributed by atoms with Crippen LogP contribution in [-0.2, 0) is 0 Å². The average molecular weight is 313 g/mol. The molecule has 0 fully saturated rings. The third kappa shape index (κ3) is 2.48. The van der Waals surface area contributed by atoms with Gasteiger partial charge < -0.3 is 0 Å². The van der Waals surface area contributed by atoms with E-state index in [-0.39, 0.29) is 10.0 Å². The lowest BCUT2D eigenvalue weighted by Crippen LogP contribution is -1.88. The maximum Gasteiger partial charge on any atom is 0.213 e. The first kappa shape index (κ1) is 12.1. The van der Waals surface area contributed by atoms with Crippen LogP contribution in [0.25, 0.3) is 0 Å². The Balaban J connectivity index is 2.35. The van der Waals surface area contributed by atoms with Crippen molar-refractivity contribution in [2.75, 3.05) is 0 Å². The van der Waals surface area contributed by atoms with Crippen molar-refractivity contribution in [3.8, 4) is 6.07 Å². The summed E-state index contributed by atoms with van der Waals surface area (Å²) in [5.74, 6) is 0.192. The summed E-state index contributed by atoms with van der Waals surface area (Å²) in [5.41, 5.74) is 0.262. The molecule has 0 atom stereocenters. The van der Waals surface area contributed by atoms with Gasteiger partial charge in [0.25, 0.3) is 0 Å². The number of nitrogens with one attached hydrogen (secondary N) is 1. The van der Waals surface area contributed by atoms with Crippen LogP contribution in [0.4, 0.5) is 4.39 Å². The van der Waals surface area contributed by atoms with E-state index in [2.05, 4.69) is 31.1 Å². The van der Waals surface area contributed by atoms with Gasteiger partial charge in [0, 0.05) is 0 Å². The number of aromatic amines is 1. The van der Waals surface area contributed by atoms with E-state index in [4.69, 9.17) is 5.26 Å². The molecule has 0 saturated carbocycles. The van der Waals surface area contributed by atoms with Gasteiger partial charge >= 0.3 is 0 Å². The highest BCUT2D eigenvalue weighted by Crippen LogP contribution is 2.32. The second-order valence-corrected chi connectivity index (χ2v) is 4.96. The molecule has 1 heterocycles. The molecule has 1 N–H and O–H groups in total. The smallest absolute Gasteiger partial charge is 0.213 e. The van der Waals surface area contributed by atoms with Crippen LogP contribution in [-0.4, -0.2) is 15.2 Å². The van der Waals surface area contributed by atoms with Crippen molar-refractivity contribution in [2.24, 2.45) is 0 Å². The first-order valence-corrected chi connectivity index (χ1v) is 6.17. The number of hydrogen-bond donors (Lipinski definition) is 1. The fourth-order valence-electron chi connectivity index (χ4n) is 1.16. The van der Waals surface area contributed by atoms with E-state index >= 15 is 0 Å². The minimum atomic E-state index is -0.475. The first-order chi connectivity index (χ1) is 8.11. The maximum atomic E-state index is 13.9. The molecule has 0 aliphatic carbocycles. The zero-order chi connectivity index (χ0) is 12.4. The van der Waals surface area contributed by atoms with Crippen LogP contribution >= 0.6 is 27.7 Å². The van der Waals surface area contributed by atoms with Gasteiger partial charge in [0.2, 0.25) is 5.16 Å². The van der Waals surface area contributed by atoms with Crippen molar-refractivity contribution >= 4 is 27.7 Å². The molecule has 1 aromatic heterocycles. The molecule has 0 unspecified atom stereocenters. The molecule has 0 amide bonds. The number of aryl methyl sites for hydroxylation is 1. The Morgan fingerprint density at radius 1 is 1.53 bits per heavy atom. The summed E-state index contributed by atoms with van der Waals surface area (Å²) in [5, 5.41) is 15.8. The molecule has 0 bridgehead atoms. The van der Waals surface area contributed by atoms with Gasteiger partial charge in [0.15, 0.2) is 5.82 Å². The van der Waals surface area contributed by atoms with Crippen molar-refractivity contribution in [3.05, 3.63) is 33.8 Å². The maximum absolute atomic E-state index is 13.9. The third-order valence-corrected chi connectivity index (χ3v) is 3.62. The molecule has 86 valence electrons. The molecule has 2 rings (SSSR count). The fraction of sp³-hybridized carbons (Fsp3) is 0.100. The van der Waals surface area contributed by atoms with Crippen LogP contribution in [0, 0.1) is 24.1 Å². The summed E-state index contributed by atoms with van der Waals surface area (Å²) in [6.07, 6.45) is 0. The quantitative estimate of drug-likeness (QED) is 0.925. The second-order valence-electron chi connectivity index (χ2n) is 3.16. The van der Waals surface area contributed by atoms with E-state index < -0.39 is 5.82 Å². The molecule has 2 aromatic rings. The van der Waals surface area contributed by atoms with Gasteiger partial charge in [-0.3, -0.25) is 5.10 Å². The Kier molecular flexibility index (Phi) is 3.45. The van der Waals surface area contributed by atoms with Gasteiger partial charge in [-0.05, 0) is 46.7 Å². The Labute approximate surface area is 109 Å². The zero-order valence-corrected chi connectivity index (χ0v) is 11.1. The molecule has 0 radical (unpaired) electrons. The molecule has 7 heteroatoms. The predicted octanol–water partition coefficient (Wildman–Crippen LogP) is 3.04. The molecule has 1 aromatic carbocycles. The summed E-state index contributed by atoms with van der Waals surface area (Å²) in [4.78, 5) is 4.44. The second kappa shape index (κ2) is 4.85. The largest absolute Gasteiger partial charge is 0.262 e. The summed E-state index contributed by atoms with van der Waals surface area (Å²) in [7, 11) is 0. The Morgan fingerprint density at radius 3 is 2.88 bits per heavy atom. The topological polar surface area (TPSA) is 65.4 Å². The Morgan fingerprint density at radius 2 is 2.29 bits per heavy atom. The summed E-state index contributed by atoms with van der Waals surface area (Å²) in [6.45, 7) is 1.77. The zero-order valence-electron chi connectivity index (χ0n) is 8.66. The van der Waals surface area contributed by atoms with E-state index in [9.17, 15) is 4.39 Å². The molecular formula is C10H6BrFN4S. The number of hydrogen-bond acceptors (Lipinski definition) is 4. The van der Waals surface area contributed by atoms with Crippen molar-refractivity contribution in [2.45, 2.75) is 17.0 Å². The van der Waals surface area contributed by atoms with Gasteiger partial charge in [0.1, 0.15) is 11.9 Å². The minimum absolute atomic E-state index is 0.164. The number of nitriles is 1. The Bertz CT molecular complexity index is 605. The van der Waals surface area contributed by atoms with Crippen LogP contribution in [0.2, 0.25) is 0 Å². The van der Waals surface area contributed by atoms with Gasteiger partial charge in [-0.25, -0.2) is 9.37 Å². The highest BCUT2D eigenvalue weighted by Gasteiger charge is 2.13. The van der Waals surface area contributed by atoms with Crippen LogP contribution in [0.15, 0.2) is 26.7 Å². The number of halogens is 2. The molecular weight excluding hydrogens is 307 g/mol. The van der Waals surface area contributed by atoms with Crippen LogP contribution in [0.3, 0.4) is 0 Å². The fourth-order valence-corrected chi connectivity index (χ4v) is 2.53. The third-order valence-electron chi connectivity index (χ3n) is 1.95. The van der Waals surface area contributed by atoms with Crippen LogP contribution in [0.1, 0.15) is 11.4 Å². The number of aromatic nitrogens is 3. The lowest BCUT2D eigenvalue weighted by molar-refractivity contribution is 0.594. The van der Waals surface area contributed by atoms with Crippen molar-refractivity contribution in [1.29, 1.82) is 5.26 Å². The monoisotopic (exact) mass is 312 g/mol. The standard InChI is InChI=1S/C10H6BrFN4S/c1-5-14-10(16-15-5)17-7-3-2-6(4-13)8(11)9(7)12/h2-3H,1H3,(H,14,15,16). The molecule has 0 aliphatic rings. The van der Waals surface area contributed by atoms with Gasteiger partial charge in [-0.1, -0.05) is 0 Å². The van der Waals surface area contributed by atoms with E-state index in [0.29, 0.717) is 15.9 Å². The first-order valence-electron chi connectivity index (χ1n) is 4.56. The number of rotatable bonds is 2. The highest BCUT2D eigenvalue weighted by atomic mass is 79.9. The molecule has 0 saturated heterocycles. The van der Waals surface area contributed by atoms with Crippen LogP contribution < -0.4 is 0 Å². The van der Waals surface area contributed by atoms with Crippen LogP contribution in [0.5, 0.6) is 0 Å². The van der Waals surface area contributed by atoms with Gasteiger partial charge in [-0.2, -0.15) is 5.26 Å². The molecule has 17 heavy (non-hydrogen) atoms. The lowest BCUT2D eigenvalue weighted by atomic mass is 10.2. The Hall–Kier alpha value is -1.39. The van der Waals surface area contributed by atoms with Gasteiger partial charge in [-0.15, -0.1) is 5.10 Å². The van der Waals surface area contributed by atoms with Gasteiger partial charge in [0.05, 0.1) is 14.9 Å². The minimum Gasteiger partial charge on any atom is -0.262 e. The predicted molar refractivity (Wildman–Crippen MR) is 64.1 cm³/mol. The van der Waals surface area contributed by atoms with Crippen molar-refractivity contribution < 1.29 is 4.39 Å².